The Morgan fingerprint density at radius 3 is 2.91 bits per heavy atom. The molecular weight excluding hydrogens is 171 g/mol. The molecule has 0 aromatic heterocycles. The molecule has 0 bridgehead atoms. The minimum atomic E-state index is -0.721. The van der Waals surface area contributed by atoms with E-state index in [2.05, 4.69) is 4.74 Å². The van der Waals surface area contributed by atoms with Crippen molar-refractivity contribution >= 4 is 18.1 Å². The van der Waals surface area contributed by atoms with Gasteiger partial charge in [0.05, 0.1) is 5.02 Å². The first-order valence-corrected chi connectivity index (χ1v) is 3.18. The van der Waals surface area contributed by atoms with Crippen molar-refractivity contribution in [3.63, 3.8) is 0 Å². The van der Waals surface area contributed by atoms with Crippen LogP contribution in [-0.2, 0) is 4.79 Å². The second kappa shape index (κ2) is 3.34. The summed E-state index contributed by atoms with van der Waals surface area (Å²) in [5.74, 6) is -0.881. The van der Waals surface area contributed by atoms with Crippen molar-refractivity contribution in [3.05, 3.63) is 29.0 Å². The zero-order valence-electron chi connectivity index (χ0n) is 5.38. The lowest BCUT2D eigenvalue weighted by molar-refractivity contribution is -0.120. The highest BCUT2D eigenvalue weighted by Crippen LogP contribution is 2.23. The lowest BCUT2D eigenvalue weighted by atomic mass is 10.3. The highest BCUT2D eigenvalue weighted by molar-refractivity contribution is 6.30. The lowest BCUT2D eigenvalue weighted by Crippen LogP contribution is -1.91. The van der Waals surface area contributed by atoms with Gasteiger partial charge in [-0.2, -0.15) is 0 Å². The third-order valence-electron chi connectivity index (χ3n) is 1.09. The molecule has 1 aromatic rings. The molecule has 4 heteroatoms. The van der Waals surface area contributed by atoms with Crippen molar-refractivity contribution in [3.8, 4) is 5.75 Å². The molecule has 1 rings (SSSR count). The zero-order valence-corrected chi connectivity index (χ0v) is 6.14. The summed E-state index contributed by atoms with van der Waals surface area (Å²) in [6, 6.07) is 4.18. The minimum absolute atomic E-state index is 0.0654. The first-order chi connectivity index (χ1) is 5.25. The van der Waals surface area contributed by atoms with Gasteiger partial charge in [-0.3, -0.25) is 4.79 Å². The van der Waals surface area contributed by atoms with E-state index in [0.717, 1.165) is 0 Å². The van der Waals surface area contributed by atoms with E-state index in [4.69, 9.17) is 11.6 Å². The van der Waals surface area contributed by atoms with Crippen molar-refractivity contribution in [2.75, 3.05) is 0 Å². The number of hydrogen-bond acceptors (Lipinski definition) is 2. The van der Waals surface area contributed by atoms with Gasteiger partial charge in [0.25, 0.3) is 6.47 Å². The van der Waals surface area contributed by atoms with Gasteiger partial charge in [0.1, 0.15) is 0 Å². The number of ether oxygens (including phenoxy) is 1. The largest absolute Gasteiger partial charge is 0.426 e. The Morgan fingerprint density at radius 1 is 1.55 bits per heavy atom. The van der Waals surface area contributed by atoms with Gasteiger partial charge < -0.3 is 4.74 Å². The molecule has 0 aliphatic carbocycles. The SMILES string of the molecule is O=COc1cccc(Cl)c1F. The number of halogens is 2. The number of benzene rings is 1. The number of rotatable bonds is 2. The van der Waals surface area contributed by atoms with E-state index in [1.165, 1.54) is 18.2 Å². The monoisotopic (exact) mass is 174 g/mol. The molecule has 0 heterocycles. The van der Waals surface area contributed by atoms with Gasteiger partial charge in [-0.25, -0.2) is 4.39 Å². The fraction of sp³-hybridized carbons (Fsp3) is 0. The number of hydrogen-bond donors (Lipinski definition) is 0. The highest BCUT2D eigenvalue weighted by atomic mass is 35.5. The third-order valence-corrected chi connectivity index (χ3v) is 1.38. The number of carbonyl (C=O) groups is 1. The van der Waals surface area contributed by atoms with E-state index in [1.54, 1.807) is 0 Å². The van der Waals surface area contributed by atoms with Crippen LogP contribution in [0.5, 0.6) is 5.75 Å². The topological polar surface area (TPSA) is 26.3 Å². The standard InChI is InChI=1S/C7H4ClFO2/c8-5-2-1-3-6(7(5)9)11-4-10/h1-4H. The van der Waals surface area contributed by atoms with E-state index in [1.807, 2.05) is 0 Å². The molecule has 58 valence electrons. The van der Waals surface area contributed by atoms with Gasteiger partial charge in [-0.15, -0.1) is 0 Å². The predicted octanol–water partition coefficient (Wildman–Crippen LogP) is 2.01. The van der Waals surface area contributed by atoms with E-state index in [9.17, 15) is 9.18 Å². The van der Waals surface area contributed by atoms with Crippen molar-refractivity contribution in [2.45, 2.75) is 0 Å². The normalized spacial score (nSPS) is 9.27. The molecule has 0 spiro atoms. The maximum Gasteiger partial charge on any atom is 0.298 e. The second-order valence-corrected chi connectivity index (χ2v) is 2.17. The molecule has 0 N–H and O–H groups in total. The van der Waals surface area contributed by atoms with Crippen LogP contribution in [0.4, 0.5) is 4.39 Å². The Balaban J connectivity index is 3.05. The van der Waals surface area contributed by atoms with Crippen LogP contribution in [0.3, 0.4) is 0 Å². The first kappa shape index (κ1) is 8.01. The van der Waals surface area contributed by atoms with Crippen LogP contribution < -0.4 is 4.74 Å². The number of carbonyl (C=O) groups excluding carboxylic acids is 1. The van der Waals surface area contributed by atoms with Crippen LogP contribution in [0.25, 0.3) is 0 Å². The van der Waals surface area contributed by atoms with Crippen LogP contribution in [-0.4, -0.2) is 6.47 Å². The molecule has 0 fully saturated rings. The fourth-order valence-corrected chi connectivity index (χ4v) is 0.793. The summed E-state index contributed by atoms with van der Waals surface area (Å²) in [5, 5.41) is -0.0654. The average Bonchev–Trinajstić information content (AvgIpc) is 1.99. The van der Waals surface area contributed by atoms with Crippen molar-refractivity contribution in [2.24, 2.45) is 0 Å². The summed E-state index contributed by atoms with van der Waals surface area (Å²) in [4.78, 5) is 9.81. The van der Waals surface area contributed by atoms with Gasteiger partial charge in [0.15, 0.2) is 11.6 Å². The Hall–Kier alpha value is -1.09. The molecule has 11 heavy (non-hydrogen) atoms. The quantitative estimate of drug-likeness (QED) is 0.642. The van der Waals surface area contributed by atoms with E-state index in [-0.39, 0.29) is 17.2 Å². The Labute approximate surface area is 67.5 Å². The molecule has 0 aliphatic rings. The van der Waals surface area contributed by atoms with Crippen molar-refractivity contribution < 1.29 is 13.9 Å². The molecule has 2 nitrogen and oxygen atoms in total. The van der Waals surface area contributed by atoms with Gasteiger partial charge in [-0.1, -0.05) is 17.7 Å². The molecule has 0 saturated heterocycles. The molecule has 0 unspecified atom stereocenters. The van der Waals surface area contributed by atoms with Crippen LogP contribution in [0.2, 0.25) is 5.02 Å². The zero-order chi connectivity index (χ0) is 8.27. The van der Waals surface area contributed by atoms with E-state index in [0.29, 0.717) is 0 Å². The van der Waals surface area contributed by atoms with Gasteiger partial charge in [0.2, 0.25) is 0 Å². The average molecular weight is 175 g/mol. The van der Waals surface area contributed by atoms with Crippen LogP contribution in [0.15, 0.2) is 18.2 Å². The molecule has 0 amide bonds. The van der Waals surface area contributed by atoms with E-state index < -0.39 is 5.82 Å². The van der Waals surface area contributed by atoms with Gasteiger partial charge >= 0.3 is 0 Å². The summed E-state index contributed by atoms with van der Waals surface area (Å²) in [6.45, 7) is 0.148. The Morgan fingerprint density at radius 2 is 2.27 bits per heavy atom. The van der Waals surface area contributed by atoms with Gasteiger partial charge in [0, 0.05) is 0 Å². The van der Waals surface area contributed by atoms with Crippen LogP contribution in [0, 0.1) is 5.82 Å². The van der Waals surface area contributed by atoms with Crippen LogP contribution in [0.1, 0.15) is 0 Å². The van der Waals surface area contributed by atoms with Crippen molar-refractivity contribution in [1.82, 2.24) is 0 Å². The summed E-state index contributed by atoms with van der Waals surface area (Å²) >= 11 is 5.38. The minimum Gasteiger partial charge on any atom is -0.426 e. The summed E-state index contributed by atoms with van der Waals surface area (Å²) in [5.41, 5.74) is 0. The van der Waals surface area contributed by atoms with Gasteiger partial charge in [-0.05, 0) is 12.1 Å². The smallest absolute Gasteiger partial charge is 0.298 e. The summed E-state index contributed by atoms with van der Waals surface area (Å²) < 4.78 is 17.1. The Bertz CT molecular complexity index is 275. The maximum atomic E-state index is 12.8. The van der Waals surface area contributed by atoms with E-state index >= 15 is 0 Å². The predicted molar refractivity (Wildman–Crippen MR) is 38.1 cm³/mol. The van der Waals surface area contributed by atoms with Crippen molar-refractivity contribution in [1.29, 1.82) is 0 Å². The molecule has 0 radical (unpaired) electrons. The second-order valence-electron chi connectivity index (χ2n) is 1.77. The molecule has 0 atom stereocenters. The maximum absolute atomic E-state index is 12.8. The Kier molecular flexibility index (Phi) is 2.44. The fourth-order valence-electron chi connectivity index (χ4n) is 0.627. The molecule has 0 saturated carbocycles. The first-order valence-electron chi connectivity index (χ1n) is 2.80. The molecule has 0 aliphatic heterocycles. The molecule has 1 aromatic carbocycles. The highest BCUT2D eigenvalue weighted by Gasteiger charge is 2.05. The molecular formula is C7H4ClFO2. The third kappa shape index (κ3) is 1.68. The summed E-state index contributed by atoms with van der Waals surface area (Å²) in [6.07, 6.45) is 0. The summed E-state index contributed by atoms with van der Waals surface area (Å²) in [7, 11) is 0. The van der Waals surface area contributed by atoms with Crippen LogP contribution >= 0.6 is 11.6 Å². The lowest BCUT2D eigenvalue weighted by Gasteiger charge is -1.99.